The standard InChI is InChI=1S/C18H16N6O2/c1-22(11-13-9-21-23(12-13)14-5-3-2-4-6-14)17-15-7-8-20-24(15)16(10-19-17)18(25)26/h2-10,12H,11H2,1H3,(H,25,26). The van der Waals surface area contributed by atoms with Gasteiger partial charge in [-0.1, -0.05) is 18.2 Å². The Morgan fingerprint density at radius 3 is 2.73 bits per heavy atom. The highest BCUT2D eigenvalue weighted by Crippen LogP contribution is 2.21. The maximum absolute atomic E-state index is 11.3. The lowest BCUT2D eigenvalue weighted by atomic mass is 10.3. The van der Waals surface area contributed by atoms with E-state index in [0.29, 0.717) is 17.9 Å². The molecule has 0 aliphatic carbocycles. The van der Waals surface area contributed by atoms with Crippen molar-refractivity contribution in [2.24, 2.45) is 0 Å². The van der Waals surface area contributed by atoms with E-state index < -0.39 is 5.97 Å². The summed E-state index contributed by atoms with van der Waals surface area (Å²) >= 11 is 0. The van der Waals surface area contributed by atoms with Crippen LogP contribution in [0.5, 0.6) is 0 Å². The molecular weight excluding hydrogens is 332 g/mol. The molecule has 0 amide bonds. The van der Waals surface area contributed by atoms with Crippen LogP contribution in [0.1, 0.15) is 16.1 Å². The lowest BCUT2D eigenvalue weighted by Gasteiger charge is -2.18. The van der Waals surface area contributed by atoms with Crippen molar-refractivity contribution in [2.45, 2.75) is 6.54 Å². The van der Waals surface area contributed by atoms with E-state index in [9.17, 15) is 9.90 Å². The lowest BCUT2D eigenvalue weighted by Crippen LogP contribution is -2.19. The Morgan fingerprint density at radius 2 is 1.96 bits per heavy atom. The van der Waals surface area contributed by atoms with Gasteiger partial charge in [-0.05, 0) is 18.2 Å². The first-order valence-corrected chi connectivity index (χ1v) is 7.99. The molecule has 0 atom stereocenters. The van der Waals surface area contributed by atoms with E-state index >= 15 is 0 Å². The van der Waals surface area contributed by atoms with Gasteiger partial charge in [0.2, 0.25) is 0 Å². The maximum atomic E-state index is 11.3. The minimum absolute atomic E-state index is 0.0269. The van der Waals surface area contributed by atoms with Gasteiger partial charge in [0.25, 0.3) is 0 Å². The molecule has 0 bridgehead atoms. The van der Waals surface area contributed by atoms with Gasteiger partial charge in [0.05, 0.1) is 24.3 Å². The molecule has 0 saturated heterocycles. The monoisotopic (exact) mass is 348 g/mol. The Morgan fingerprint density at radius 1 is 1.15 bits per heavy atom. The van der Waals surface area contributed by atoms with Crippen LogP contribution in [0, 0.1) is 0 Å². The number of nitrogens with zero attached hydrogens (tertiary/aromatic N) is 6. The molecule has 0 radical (unpaired) electrons. The number of fused-ring (bicyclic) bond motifs is 1. The lowest BCUT2D eigenvalue weighted by molar-refractivity contribution is 0.0687. The van der Waals surface area contributed by atoms with Crippen LogP contribution in [0.2, 0.25) is 0 Å². The van der Waals surface area contributed by atoms with Gasteiger partial charge in [-0.3, -0.25) is 0 Å². The number of para-hydroxylation sites is 1. The van der Waals surface area contributed by atoms with E-state index in [4.69, 9.17) is 0 Å². The molecule has 0 aliphatic rings. The number of benzene rings is 1. The molecule has 0 saturated carbocycles. The molecule has 0 aliphatic heterocycles. The Kier molecular flexibility index (Phi) is 3.85. The van der Waals surface area contributed by atoms with Gasteiger partial charge in [-0.2, -0.15) is 10.2 Å². The summed E-state index contributed by atoms with van der Waals surface area (Å²) < 4.78 is 3.20. The van der Waals surface area contributed by atoms with E-state index in [2.05, 4.69) is 15.2 Å². The normalized spacial score (nSPS) is 11.0. The molecule has 8 nitrogen and oxygen atoms in total. The summed E-state index contributed by atoms with van der Waals surface area (Å²) in [6.45, 7) is 0.576. The molecule has 4 aromatic rings. The van der Waals surface area contributed by atoms with Crippen LogP contribution >= 0.6 is 0 Å². The van der Waals surface area contributed by atoms with Crippen molar-refractivity contribution in [1.29, 1.82) is 0 Å². The van der Waals surface area contributed by atoms with Crippen molar-refractivity contribution in [3.63, 3.8) is 0 Å². The number of hydrogen-bond donors (Lipinski definition) is 1. The third-order valence-corrected chi connectivity index (χ3v) is 4.07. The average Bonchev–Trinajstić information content (AvgIpc) is 3.30. The molecule has 1 N–H and O–H groups in total. The Hall–Kier alpha value is -3.68. The minimum Gasteiger partial charge on any atom is -0.476 e. The first-order valence-electron chi connectivity index (χ1n) is 7.99. The highest BCUT2D eigenvalue weighted by Gasteiger charge is 2.16. The number of carboxylic acid groups (broad SMARTS) is 1. The van der Waals surface area contributed by atoms with Crippen LogP contribution in [-0.2, 0) is 6.54 Å². The summed E-state index contributed by atoms with van der Waals surface area (Å²) in [6.07, 6.45) is 6.66. The Balaban J connectivity index is 1.61. The molecule has 26 heavy (non-hydrogen) atoms. The Bertz CT molecular complexity index is 1070. The van der Waals surface area contributed by atoms with Crippen molar-refractivity contribution in [2.75, 3.05) is 11.9 Å². The summed E-state index contributed by atoms with van der Waals surface area (Å²) in [5, 5.41) is 17.7. The molecule has 0 spiro atoms. The number of aromatic carboxylic acids is 1. The second-order valence-corrected chi connectivity index (χ2v) is 5.89. The van der Waals surface area contributed by atoms with Crippen LogP contribution in [0.4, 0.5) is 5.82 Å². The molecule has 1 aromatic carbocycles. The molecule has 130 valence electrons. The van der Waals surface area contributed by atoms with Crippen LogP contribution in [0.25, 0.3) is 11.2 Å². The van der Waals surface area contributed by atoms with Crippen molar-refractivity contribution in [3.8, 4) is 5.69 Å². The van der Waals surface area contributed by atoms with Gasteiger partial charge < -0.3 is 10.0 Å². The van der Waals surface area contributed by atoms with Crippen LogP contribution in [0.15, 0.2) is 61.2 Å². The summed E-state index contributed by atoms with van der Waals surface area (Å²) in [6, 6.07) is 11.6. The van der Waals surface area contributed by atoms with Crippen molar-refractivity contribution < 1.29 is 9.90 Å². The second-order valence-electron chi connectivity index (χ2n) is 5.89. The predicted molar refractivity (Wildman–Crippen MR) is 95.6 cm³/mol. The van der Waals surface area contributed by atoms with Crippen LogP contribution in [-0.4, -0.2) is 42.5 Å². The van der Waals surface area contributed by atoms with Crippen molar-refractivity contribution in [3.05, 3.63) is 72.4 Å². The smallest absolute Gasteiger partial charge is 0.356 e. The number of carboxylic acids is 1. The zero-order valence-corrected chi connectivity index (χ0v) is 14.0. The van der Waals surface area contributed by atoms with E-state index in [-0.39, 0.29) is 5.69 Å². The number of carbonyl (C=O) groups is 1. The van der Waals surface area contributed by atoms with Gasteiger partial charge in [-0.15, -0.1) is 0 Å². The predicted octanol–water partition coefficient (Wildman–Crippen LogP) is 2.25. The van der Waals surface area contributed by atoms with E-state index in [1.165, 1.54) is 10.7 Å². The van der Waals surface area contributed by atoms with Gasteiger partial charge in [0.15, 0.2) is 11.5 Å². The SMILES string of the molecule is CN(Cc1cnn(-c2ccccc2)c1)c1ncc(C(=O)O)n2nccc12. The molecule has 0 fully saturated rings. The first-order chi connectivity index (χ1) is 12.6. The highest BCUT2D eigenvalue weighted by molar-refractivity contribution is 5.87. The summed E-state index contributed by atoms with van der Waals surface area (Å²) in [5.74, 6) is -0.412. The molecule has 3 aromatic heterocycles. The fourth-order valence-corrected chi connectivity index (χ4v) is 2.86. The van der Waals surface area contributed by atoms with Gasteiger partial charge >= 0.3 is 5.97 Å². The summed E-state index contributed by atoms with van der Waals surface area (Å²) in [4.78, 5) is 17.6. The first kappa shape index (κ1) is 15.8. The number of anilines is 1. The van der Waals surface area contributed by atoms with Crippen molar-refractivity contribution in [1.82, 2.24) is 24.4 Å². The van der Waals surface area contributed by atoms with Gasteiger partial charge in [0, 0.05) is 25.4 Å². The van der Waals surface area contributed by atoms with Crippen LogP contribution < -0.4 is 4.90 Å². The molecular formula is C18H16N6O2. The maximum Gasteiger partial charge on any atom is 0.356 e. The summed E-state index contributed by atoms with van der Waals surface area (Å²) in [5.41, 5.74) is 2.67. The second kappa shape index (κ2) is 6.32. The zero-order valence-electron chi connectivity index (χ0n) is 14.0. The van der Waals surface area contributed by atoms with E-state index in [0.717, 1.165) is 11.3 Å². The van der Waals surface area contributed by atoms with E-state index in [1.807, 2.05) is 59.4 Å². The zero-order chi connectivity index (χ0) is 18.1. The Labute approximate surface area is 148 Å². The molecule has 4 rings (SSSR count). The fraction of sp³-hybridized carbons (Fsp3) is 0.111. The van der Waals surface area contributed by atoms with E-state index in [1.54, 1.807) is 12.3 Å². The van der Waals surface area contributed by atoms with Crippen molar-refractivity contribution >= 4 is 17.3 Å². The largest absolute Gasteiger partial charge is 0.476 e. The molecule has 8 heteroatoms. The third kappa shape index (κ3) is 2.77. The average molecular weight is 348 g/mol. The molecule has 0 unspecified atom stereocenters. The van der Waals surface area contributed by atoms with Gasteiger partial charge in [0.1, 0.15) is 5.52 Å². The third-order valence-electron chi connectivity index (χ3n) is 4.07. The van der Waals surface area contributed by atoms with Gasteiger partial charge in [-0.25, -0.2) is 19.0 Å². The van der Waals surface area contributed by atoms with Crippen LogP contribution in [0.3, 0.4) is 0 Å². The number of aromatic nitrogens is 5. The highest BCUT2D eigenvalue weighted by atomic mass is 16.4. The number of hydrogen-bond acceptors (Lipinski definition) is 5. The number of rotatable bonds is 5. The minimum atomic E-state index is -1.07. The topological polar surface area (TPSA) is 88.5 Å². The summed E-state index contributed by atoms with van der Waals surface area (Å²) in [7, 11) is 1.90. The quantitative estimate of drug-likeness (QED) is 0.595. The molecule has 3 heterocycles. The fourth-order valence-electron chi connectivity index (χ4n) is 2.86.